The van der Waals surface area contributed by atoms with E-state index < -0.39 is 10.0 Å². The monoisotopic (exact) mass is 415 g/mol. The predicted octanol–water partition coefficient (Wildman–Crippen LogP) is 2.74. The van der Waals surface area contributed by atoms with Gasteiger partial charge < -0.3 is 11.1 Å². The Kier molecular flexibility index (Phi) is 4.54. The highest BCUT2D eigenvalue weighted by atomic mass is 32.2. The van der Waals surface area contributed by atoms with Crippen LogP contribution in [-0.2, 0) is 10.0 Å². The smallest absolute Gasteiger partial charge is 0.286 e. The zero-order chi connectivity index (χ0) is 21.3. The molecule has 0 aliphatic rings. The highest BCUT2D eigenvalue weighted by Crippen LogP contribution is 2.27. The van der Waals surface area contributed by atoms with Gasteiger partial charge in [-0.2, -0.15) is 23.9 Å². The number of aromatic nitrogens is 3. The van der Waals surface area contributed by atoms with E-state index in [1.165, 1.54) is 6.07 Å². The van der Waals surface area contributed by atoms with Crippen molar-refractivity contribution in [3.63, 3.8) is 0 Å². The lowest BCUT2D eigenvalue weighted by molar-refractivity contribution is 0.582. The Bertz CT molecular complexity index is 1460. The number of nitrogens with one attached hydrogen (secondary N) is 1. The van der Waals surface area contributed by atoms with Crippen molar-refractivity contribution in [1.29, 1.82) is 10.5 Å². The van der Waals surface area contributed by atoms with Crippen LogP contribution in [0.15, 0.2) is 65.6 Å². The zero-order valence-electron chi connectivity index (χ0n) is 15.3. The van der Waals surface area contributed by atoms with Crippen LogP contribution in [0.2, 0.25) is 0 Å². The van der Waals surface area contributed by atoms with Crippen molar-refractivity contribution in [2.75, 3.05) is 11.1 Å². The summed E-state index contributed by atoms with van der Waals surface area (Å²) < 4.78 is 27.1. The number of hydrogen-bond donors (Lipinski definition) is 2. The Morgan fingerprint density at radius 2 is 1.67 bits per heavy atom. The molecule has 0 aliphatic heterocycles. The summed E-state index contributed by atoms with van der Waals surface area (Å²) in [5.74, 6) is -0.315. The van der Waals surface area contributed by atoms with Crippen LogP contribution in [0, 0.1) is 22.7 Å². The van der Waals surface area contributed by atoms with Crippen LogP contribution < -0.4 is 11.1 Å². The van der Waals surface area contributed by atoms with E-state index in [4.69, 9.17) is 16.3 Å². The Balaban J connectivity index is 1.74. The molecule has 0 saturated carbocycles. The van der Waals surface area contributed by atoms with Crippen LogP contribution >= 0.6 is 0 Å². The van der Waals surface area contributed by atoms with Gasteiger partial charge in [0.2, 0.25) is 11.9 Å². The topological polar surface area (TPSA) is 150 Å². The predicted molar refractivity (Wildman–Crippen MR) is 110 cm³/mol. The Morgan fingerprint density at radius 3 is 2.37 bits per heavy atom. The molecule has 30 heavy (non-hydrogen) atoms. The normalized spacial score (nSPS) is 11.0. The average Bonchev–Trinajstić information content (AvgIpc) is 3.14. The fourth-order valence-electron chi connectivity index (χ4n) is 2.94. The molecule has 0 amide bonds. The lowest BCUT2D eigenvalue weighted by Gasteiger charge is -2.08. The SMILES string of the molecule is N#Cc1ccc(Nc2nc(N)n(S(=O)(=O)c3cccc4cc(C#N)ccc34)n2)cc1. The number of nitrogen functional groups attached to an aromatic ring is 1. The molecular formula is C20H13N7O2S. The summed E-state index contributed by atoms with van der Waals surface area (Å²) in [5, 5.41) is 25.8. The van der Waals surface area contributed by atoms with Gasteiger partial charge in [0.25, 0.3) is 10.0 Å². The first-order chi connectivity index (χ1) is 14.4. The number of nitrogens with zero attached hydrogens (tertiary/aromatic N) is 5. The van der Waals surface area contributed by atoms with Gasteiger partial charge in [0, 0.05) is 11.1 Å². The molecule has 4 rings (SSSR count). The Morgan fingerprint density at radius 1 is 0.967 bits per heavy atom. The largest absolute Gasteiger partial charge is 0.367 e. The van der Waals surface area contributed by atoms with E-state index in [9.17, 15) is 8.42 Å². The summed E-state index contributed by atoms with van der Waals surface area (Å²) in [6, 6.07) is 20.0. The van der Waals surface area contributed by atoms with E-state index in [1.54, 1.807) is 54.6 Å². The summed E-state index contributed by atoms with van der Waals surface area (Å²) in [5.41, 5.74) is 7.31. The molecule has 0 spiro atoms. The van der Waals surface area contributed by atoms with Gasteiger partial charge in [-0.1, -0.05) is 18.2 Å². The summed E-state index contributed by atoms with van der Waals surface area (Å²) in [7, 11) is -4.15. The molecule has 0 bridgehead atoms. The third-order valence-corrected chi connectivity index (χ3v) is 5.98. The van der Waals surface area contributed by atoms with Gasteiger partial charge in [0.15, 0.2) is 0 Å². The molecule has 0 atom stereocenters. The Hall–Kier alpha value is -4.41. The average molecular weight is 415 g/mol. The number of nitrogens with two attached hydrogens (primary N) is 1. The number of fused-ring (bicyclic) bond motifs is 1. The molecule has 0 aliphatic carbocycles. The quantitative estimate of drug-likeness (QED) is 0.516. The van der Waals surface area contributed by atoms with E-state index >= 15 is 0 Å². The lowest BCUT2D eigenvalue weighted by Crippen LogP contribution is -2.17. The zero-order valence-corrected chi connectivity index (χ0v) is 16.1. The minimum atomic E-state index is -4.15. The van der Waals surface area contributed by atoms with Crippen molar-refractivity contribution in [2.45, 2.75) is 4.90 Å². The van der Waals surface area contributed by atoms with Gasteiger partial charge in [0.1, 0.15) is 0 Å². The number of nitriles is 2. The number of benzene rings is 3. The maximum absolute atomic E-state index is 13.2. The van der Waals surface area contributed by atoms with Gasteiger partial charge in [-0.3, -0.25) is 0 Å². The van der Waals surface area contributed by atoms with E-state index in [0.717, 1.165) is 0 Å². The Labute approximate surface area is 171 Å². The van der Waals surface area contributed by atoms with E-state index in [0.29, 0.717) is 31.7 Å². The van der Waals surface area contributed by atoms with E-state index in [1.807, 2.05) is 12.1 Å². The molecule has 146 valence electrons. The molecular weight excluding hydrogens is 402 g/mol. The van der Waals surface area contributed by atoms with Crippen LogP contribution in [0.3, 0.4) is 0 Å². The first kappa shape index (κ1) is 18.9. The number of rotatable bonds is 4. The van der Waals surface area contributed by atoms with Crippen LogP contribution in [0.4, 0.5) is 17.6 Å². The summed E-state index contributed by atoms with van der Waals surface area (Å²) in [6.45, 7) is 0. The van der Waals surface area contributed by atoms with Crippen molar-refractivity contribution >= 4 is 38.4 Å². The van der Waals surface area contributed by atoms with E-state index in [-0.39, 0.29) is 16.8 Å². The highest BCUT2D eigenvalue weighted by Gasteiger charge is 2.25. The second-order valence-corrected chi connectivity index (χ2v) is 8.00. The van der Waals surface area contributed by atoms with Crippen LogP contribution in [0.5, 0.6) is 0 Å². The molecule has 4 aromatic rings. The molecule has 3 aromatic carbocycles. The maximum Gasteiger partial charge on any atom is 0.286 e. The van der Waals surface area contributed by atoms with Gasteiger partial charge in [-0.05, 0) is 47.9 Å². The first-order valence-corrected chi connectivity index (χ1v) is 10.0. The van der Waals surface area contributed by atoms with Gasteiger partial charge >= 0.3 is 0 Å². The maximum atomic E-state index is 13.2. The summed E-state index contributed by atoms with van der Waals surface area (Å²) in [4.78, 5) is 3.97. The van der Waals surface area contributed by atoms with Crippen LogP contribution in [-0.4, -0.2) is 22.6 Å². The molecule has 1 heterocycles. The number of hydrogen-bond acceptors (Lipinski definition) is 8. The molecule has 0 saturated heterocycles. The van der Waals surface area contributed by atoms with Crippen molar-refractivity contribution in [3.8, 4) is 12.1 Å². The molecule has 0 fully saturated rings. The second kappa shape index (κ2) is 7.20. The number of anilines is 3. The minimum absolute atomic E-state index is 0.00668. The van der Waals surface area contributed by atoms with Crippen LogP contribution in [0.25, 0.3) is 10.8 Å². The third-order valence-electron chi connectivity index (χ3n) is 4.35. The summed E-state index contributed by atoms with van der Waals surface area (Å²) >= 11 is 0. The van der Waals surface area contributed by atoms with Gasteiger partial charge in [-0.15, -0.1) is 9.19 Å². The summed E-state index contributed by atoms with van der Waals surface area (Å²) in [6.07, 6.45) is 0. The molecule has 0 radical (unpaired) electrons. The van der Waals surface area contributed by atoms with Crippen molar-refractivity contribution in [1.82, 2.24) is 14.2 Å². The molecule has 0 unspecified atom stereocenters. The lowest BCUT2D eigenvalue weighted by atomic mass is 10.1. The van der Waals surface area contributed by atoms with Crippen molar-refractivity contribution in [2.24, 2.45) is 0 Å². The molecule has 1 aromatic heterocycles. The van der Waals surface area contributed by atoms with Crippen molar-refractivity contribution in [3.05, 3.63) is 71.8 Å². The van der Waals surface area contributed by atoms with E-state index in [2.05, 4.69) is 15.4 Å². The van der Waals surface area contributed by atoms with Crippen LogP contribution in [0.1, 0.15) is 11.1 Å². The first-order valence-electron chi connectivity index (χ1n) is 8.60. The highest BCUT2D eigenvalue weighted by molar-refractivity contribution is 7.90. The molecule has 9 nitrogen and oxygen atoms in total. The fraction of sp³-hybridized carbons (Fsp3) is 0. The van der Waals surface area contributed by atoms with Crippen molar-refractivity contribution < 1.29 is 8.42 Å². The molecule has 10 heteroatoms. The second-order valence-electron chi connectivity index (χ2n) is 6.26. The minimum Gasteiger partial charge on any atom is -0.367 e. The standard InChI is InChI=1S/C20H13N7O2S/c21-11-13-4-7-16(8-5-13)24-20-25-19(23)27(26-20)30(28,29)18-3-1-2-15-10-14(12-22)6-9-17(15)18/h1-10H,(H3,23,24,25,26). The van der Waals surface area contributed by atoms with Gasteiger partial charge in [0.05, 0.1) is 28.2 Å². The van der Waals surface area contributed by atoms with Gasteiger partial charge in [-0.25, -0.2) is 0 Å². The molecule has 3 N–H and O–H groups in total. The fourth-order valence-corrected chi connectivity index (χ4v) is 4.31. The third kappa shape index (κ3) is 3.28.